The highest BCUT2D eigenvalue weighted by molar-refractivity contribution is 5.85. The third kappa shape index (κ3) is 3.33. The average molecular weight is 253 g/mol. The largest absolute Gasteiger partial charge is 0.368 e. The summed E-state index contributed by atoms with van der Waals surface area (Å²) in [6.07, 6.45) is 4.39. The first-order valence-corrected chi connectivity index (χ1v) is 7.47. The van der Waals surface area contributed by atoms with Gasteiger partial charge in [0.1, 0.15) is 6.10 Å². The van der Waals surface area contributed by atoms with Crippen molar-refractivity contribution < 1.29 is 9.53 Å². The van der Waals surface area contributed by atoms with Gasteiger partial charge in [-0.25, -0.2) is 0 Å². The summed E-state index contributed by atoms with van der Waals surface area (Å²) in [6, 6.07) is 0.510. The Morgan fingerprint density at radius 2 is 1.89 bits per heavy atom. The molecule has 104 valence electrons. The zero-order chi connectivity index (χ0) is 13.1. The third-order valence-electron chi connectivity index (χ3n) is 4.56. The van der Waals surface area contributed by atoms with Crippen LogP contribution in [0.25, 0.3) is 0 Å². The molecule has 0 bridgehead atoms. The van der Waals surface area contributed by atoms with Gasteiger partial charge in [0.05, 0.1) is 6.61 Å². The van der Waals surface area contributed by atoms with E-state index >= 15 is 0 Å². The number of nitrogens with zero attached hydrogens (tertiary/aromatic N) is 1. The van der Waals surface area contributed by atoms with Crippen molar-refractivity contribution in [2.24, 2.45) is 11.8 Å². The van der Waals surface area contributed by atoms with Crippen molar-refractivity contribution in [3.63, 3.8) is 0 Å². The molecular formula is C15H27NO2. The van der Waals surface area contributed by atoms with Crippen LogP contribution in [0.2, 0.25) is 0 Å². The molecule has 3 nitrogen and oxygen atoms in total. The molecule has 0 spiro atoms. The van der Waals surface area contributed by atoms with Gasteiger partial charge in [-0.1, -0.05) is 19.8 Å². The van der Waals surface area contributed by atoms with Gasteiger partial charge < -0.3 is 4.74 Å². The number of ketones is 1. The predicted molar refractivity (Wildman–Crippen MR) is 72.6 cm³/mol. The van der Waals surface area contributed by atoms with Crippen LogP contribution in [-0.2, 0) is 9.53 Å². The first-order valence-electron chi connectivity index (χ1n) is 7.47. The van der Waals surface area contributed by atoms with Gasteiger partial charge in [0, 0.05) is 25.0 Å². The molecule has 2 fully saturated rings. The van der Waals surface area contributed by atoms with Crippen LogP contribution < -0.4 is 0 Å². The van der Waals surface area contributed by atoms with E-state index in [-0.39, 0.29) is 12.0 Å². The predicted octanol–water partition coefficient (Wildman–Crippen LogP) is 2.49. The van der Waals surface area contributed by atoms with Crippen molar-refractivity contribution in [3.8, 4) is 0 Å². The van der Waals surface area contributed by atoms with Crippen LogP contribution in [0.5, 0.6) is 0 Å². The Morgan fingerprint density at radius 1 is 1.22 bits per heavy atom. The van der Waals surface area contributed by atoms with Gasteiger partial charge in [0.25, 0.3) is 0 Å². The highest BCUT2D eigenvalue weighted by Gasteiger charge is 2.33. The van der Waals surface area contributed by atoms with E-state index < -0.39 is 0 Å². The standard InChI is InChI=1S/C15H27NO2/c1-11(2)16-8-9-18-14(10-16)15(17)13-6-4-12(3)5-7-13/h11-14H,4-10H2,1-3H3. The van der Waals surface area contributed by atoms with Gasteiger partial charge in [0.15, 0.2) is 5.78 Å². The minimum absolute atomic E-state index is 0.167. The van der Waals surface area contributed by atoms with Gasteiger partial charge in [-0.05, 0) is 32.6 Å². The lowest BCUT2D eigenvalue weighted by atomic mass is 9.79. The fraction of sp³-hybridized carbons (Fsp3) is 0.933. The molecule has 1 atom stereocenters. The van der Waals surface area contributed by atoms with Crippen LogP contribution in [0.4, 0.5) is 0 Å². The lowest BCUT2D eigenvalue weighted by Crippen LogP contribution is -2.50. The van der Waals surface area contributed by atoms with Gasteiger partial charge in [0.2, 0.25) is 0 Å². The second-order valence-corrected chi connectivity index (χ2v) is 6.31. The molecule has 1 aliphatic heterocycles. The SMILES string of the molecule is CC1CCC(C(=O)C2CN(C(C)C)CCO2)CC1. The summed E-state index contributed by atoms with van der Waals surface area (Å²) >= 11 is 0. The normalized spacial score (nSPS) is 34.8. The Kier molecular flexibility index (Phi) is 4.79. The number of morpholine rings is 1. The molecule has 2 rings (SSSR count). The number of ether oxygens (including phenoxy) is 1. The first kappa shape index (κ1) is 14.0. The summed E-state index contributed by atoms with van der Waals surface area (Å²) in [4.78, 5) is 14.8. The summed E-state index contributed by atoms with van der Waals surface area (Å²) < 4.78 is 5.71. The van der Waals surface area contributed by atoms with Crippen LogP contribution in [0.1, 0.15) is 46.5 Å². The molecule has 0 aromatic rings. The van der Waals surface area contributed by atoms with Gasteiger partial charge in [-0.3, -0.25) is 9.69 Å². The lowest BCUT2D eigenvalue weighted by molar-refractivity contribution is -0.142. The Morgan fingerprint density at radius 3 is 2.50 bits per heavy atom. The van der Waals surface area contributed by atoms with Gasteiger partial charge >= 0.3 is 0 Å². The minimum atomic E-state index is -0.167. The molecule has 1 saturated carbocycles. The van der Waals surface area contributed by atoms with Crippen LogP contribution >= 0.6 is 0 Å². The monoisotopic (exact) mass is 253 g/mol. The molecule has 1 aliphatic carbocycles. The molecule has 2 aliphatic rings. The van der Waals surface area contributed by atoms with E-state index in [1.54, 1.807) is 0 Å². The topological polar surface area (TPSA) is 29.5 Å². The van der Waals surface area contributed by atoms with Crippen molar-refractivity contribution in [1.82, 2.24) is 4.90 Å². The average Bonchev–Trinajstić information content (AvgIpc) is 2.39. The summed E-state index contributed by atoms with van der Waals surface area (Å²) in [6.45, 7) is 9.13. The van der Waals surface area contributed by atoms with E-state index in [9.17, 15) is 4.79 Å². The lowest BCUT2D eigenvalue weighted by Gasteiger charge is -2.37. The molecule has 1 heterocycles. The molecule has 1 unspecified atom stereocenters. The number of hydrogen-bond acceptors (Lipinski definition) is 3. The van der Waals surface area contributed by atoms with Crippen LogP contribution in [0.3, 0.4) is 0 Å². The van der Waals surface area contributed by atoms with Gasteiger partial charge in [-0.2, -0.15) is 0 Å². The van der Waals surface area contributed by atoms with E-state index in [0.717, 1.165) is 31.8 Å². The Labute approximate surface area is 111 Å². The Balaban J connectivity index is 1.88. The van der Waals surface area contributed by atoms with Crippen molar-refractivity contribution >= 4 is 5.78 Å². The summed E-state index contributed by atoms with van der Waals surface area (Å²) in [7, 11) is 0. The molecule has 0 N–H and O–H groups in total. The smallest absolute Gasteiger partial charge is 0.165 e. The quantitative estimate of drug-likeness (QED) is 0.774. The second-order valence-electron chi connectivity index (χ2n) is 6.31. The number of rotatable bonds is 3. The minimum Gasteiger partial charge on any atom is -0.368 e. The maximum absolute atomic E-state index is 12.5. The molecular weight excluding hydrogens is 226 g/mol. The number of carbonyl (C=O) groups is 1. The zero-order valence-electron chi connectivity index (χ0n) is 12.0. The summed E-state index contributed by atoms with van der Waals surface area (Å²) in [5.74, 6) is 1.43. The van der Waals surface area contributed by atoms with E-state index in [0.29, 0.717) is 18.4 Å². The third-order valence-corrected chi connectivity index (χ3v) is 4.56. The number of carbonyl (C=O) groups excluding carboxylic acids is 1. The van der Waals surface area contributed by atoms with Crippen LogP contribution in [-0.4, -0.2) is 42.5 Å². The Bertz CT molecular complexity index is 282. The first-order chi connectivity index (χ1) is 8.58. The zero-order valence-corrected chi connectivity index (χ0v) is 12.0. The van der Waals surface area contributed by atoms with Crippen molar-refractivity contribution in [2.75, 3.05) is 19.7 Å². The molecule has 18 heavy (non-hydrogen) atoms. The van der Waals surface area contributed by atoms with E-state index in [1.807, 2.05) is 0 Å². The van der Waals surface area contributed by atoms with Crippen molar-refractivity contribution in [1.29, 1.82) is 0 Å². The highest BCUT2D eigenvalue weighted by Crippen LogP contribution is 2.30. The van der Waals surface area contributed by atoms with Crippen molar-refractivity contribution in [2.45, 2.75) is 58.6 Å². The number of Topliss-reactive ketones (excluding diaryl/α,β-unsaturated/α-hetero) is 1. The fourth-order valence-electron chi connectivity index (χ4n) is 3.12. The second kappa shape index (κ2) is 6.16. The van der Waals surface area contributed by atoms with E-state index in [2.05, 4.69) is 25.7 Å². The molecule has 1 saturated heterocycles. The Hall–Kier alpha value is -0.410. The molecule has 0 radical (unpaired) electrons. The maximum Gasteiger partial charge on any atom is 0.165 e. The van der Waals surface area contributed by atoms with Crippen molar-refractivity contribution in [3.05, 3.63) is 0 Å². The summed E-state index contributed by atoms with van der Waals surface area (Å²) in [5, 5.41) is 0. The molecule has 0 amide bonds. The molecule has 3 heteroatoms. The fourth-order valence-corrected chi connectivity index (χ4v) is 3.12. The van der Waals surface area contributed by atoms with Crippen LogP contribution in [0, 0.1) is 11.8 Å². The van der Waals surface area contributed by atoms with Gasteiger partial charge in [-0.15, -0.1) is 0 Å². The maximum atomic E-state index is 12.5. The molecule has 0 aromatic carbocycles. The van der Waals surface area contributed by atoms with E-state index in [1.165, 1.54) is 12.8 Å². The summed E-state index contributed by atoms with van der Waals surface area (Å²) in [5.41, 5.74) is 0. The molecule has 0 aromatic heterocycles. The van der Waals surface area contributed by atoms with Crippen LogP contribution in [0.15, 0.2) is 0 Å². The number of hydrogen-bond donors (Lipinski definition) is 0. The highest BCUT2D eigenvalue weighted by atomic mass is 16.5. The van der Waals surface area contributed by atoms with E-state index in [4.69, 9.17) is 4.74 Å².